The van der Waals surface area contributed by atoms with Crippen molar-refractivity contribution < 1.29 is 18.0 Å². The van der Waals surface area contributed by atoms with Crippen LogP contribution in [0.1, 0.15) is 40.1 Å². The van der Waals surface area contributed by atoms with Gasteiger partial charge >= 0.3 is 6.18 Å². The molecule has 1 aliphatic heterocycles. The molecule has 0 saturated carbocycles. The summed E-state index contributed by atoms with van der Waals surface area (Å²) in [5, 5.41) is 10.2. The van der Waals surface area contributed by atoms with Crippen molar-refractivity contribution in [3.63, 3.8) is 0 Å². The van der Waals surface area contributed by atoms with E-state index in [9.17, 15) is 18.0 Å². The number of hydrogen-bond acceptors (Lipinski definition) is 3. The van der Waals surface area contributed by atoms with Crippen LogP contribution >= 0.6 is 11.6 Å². The van der Waals surface area contributed by atoms with Gasteiger partial charge in [0.15, 0.2) is 11.7 Å². The van der Waals surface area contributed by atoms with Crippen molar-refractivity contribution in [2.45, 2.75) is 31.6 Å². The van der Waals surface area contributed by atoms with Gasteiger partial charge in [-0.2, -0.15) is 18.3 Å². The van der Waals surface area contributed by atoms with Crippen LogP contribution in [0.5, 0.6) is 0 Å². The zero-order valence-electron chi connectivity index (χ0n) is 15.9. The molecule has 0 fully saturated rings. The number of nitrogens with one attached hydrogen (secondary N) is 2. The van der Waals surface area contributed by atoms with E-state index in [1.54, 1.807) is 36.4 Å². The molecule has 9 heteroatoms. The lowest BCUT2D eigenvalue weighted by molar-refractivity contribution is -0.173. The Morgan fingerprint density at radius 3 is 2.47 bits per heavy atom. The second-order valence-corrected chi connectivity index (χ2v) is 7.66. The second kappa shape index (κ2) is 7.68. The summed E-state index contributed by atoms with van der Waals surface area (Å²) < 4.78 is 42.1. The minimum Gasteiger partial charge on any atom is -0.363 e. The summed E-state index contributed by atoms with van der Waals surface area (Å²) in [6.45, 7) is 1.91. The largest absolute Gasteiger partial charge is 0.410 e. The zero-order chi connectivity index (χ0) is 21.5. The van der Waals surface area contributed by atoms with Crippen molar-refractivity contribution >= 4 is 29.0 Å². The summed E-state index contributed by atoms with van der Waals surface area (Å²) in [6.07, 6.45) is -4.73. The summed E-state index contributed by atoms with van der Waals surface area (Å²) >= 11 is 5.82. The number of carbonyl (C=O) groups excluding carboxylic acids is 1. The predicted octanol–water partition coefficient (Wildman–Crippen LogP) is 5.76. The molecule has 0 saturated heterocycles. The third kappa shape index (κ3) is 4.14. The molecule has 2 aromatic carbocycles. The molecule has 0 spiro atoms. The van der Waals surface area contributed by atoms with Crippen molar-refractivity contribution in [3.8, 4) is 0 Å². The maximum Gasteiger partial charge on any atom is 0.410 e. The standard InChI is InChI=1S/C21H18ClF3N4O/c1-12-2-4-13(5-3-12)16-10-18(21(23,24)25)29-19(27-16)11-17(28-29)20(30)26-15-8-6-14(22)7-9-15/h2-9,11,16,18,27H,10H2,1H3,(H,26,30)/t16-,18-/m1/s1. The van der Waals surface area contributed by atoms with Crippen LogP contribution in [-0.4, -0.2) is 21.9 Å². The fourth-order valence-electron chi connectivity index (χ4n) is 3.43. The molecule has 156 valence electrons. The van der Waals surface area contributed by atoms with E-state index in [2.05, 4.69) is 15.7 Å². The third-order valence-electron chi connectivity index (χ3n) is 5.00. The first-order chi connectivity index (χ1) is 14.2. The van der Waals surface area contributed by atoms with Gasteiger partial charge in [0, 0.05) is 23.2 Å². The van der Waals surface area contributed by atoms with E-state index in [1.807, 2.05) is 19.1 Å². The van der Waals surface area contributed by atoms with Crippen LogP contribution in [0.25, 0.3) is 0 Å². The molecule has 2 atom stereocenters. The number of halogens is 4. The van der Waals surface area contributed by atoms with Gasteiger partial charge < -0.3 is 10.6 Å². The number of anilines is 2. The van der Waals surface area contributed by atoms with Crippen LogP contribution in [0, 0.1) is 6.92 Å². The van der Waals surface area contributed by atoms with E-state index >= 15 is 0 Å². The van der Waals surface area contributed by atoms with Crippen LogP contribution in [0.15, 0.2) is 54.6 Å². The molecule has 2 N–H and O–H groups in total. The average molecular weight is 435 g/mol. The van der Waals surface area contributed by atoms with Gasteiger partial charge in [-0.1, -0.05) is 41.4 Å². The Labute approximate surface area is 175 Å². The lowest BCUT2D eigenvalue weighted by Crippen LogP contribution is -2.35. The smallest absolute Gasteiger partial charge is 0.363 e. The number of fused-ring (bicyclic) bond motifs is 1. The minimum absolute atomic E-state index is 0.105. The molecule has 2 heterocycles. The van der Waals surface area contributed by atoms with E-state index in [1.165, 1.54) is 6.07 Å². The number of nitrogens with zero attached hydrogens (tertiary/aromatic N) is 2. The van der Waals surface area contributed by atoms with Crippen LogP contribution in [-0.2, 0) is 0 Å². The monoisotopic (exact) mass is 434 g/mol. The molecule has 0 unspecified atom stereocenters. The summed E-state index contributed by atoms with van der Waals surface area (Å²) in [5.74, 6) is -0.454. The maximum absolute atomic E-state index is 13.8. The van der Waals surface area contributed by atoms with Crippen molar-refractivity contribution in [2.75, 3.05) is 10.6 Å². The summed E-state index contributed by atoms with van der Waals surface area (Å²) in [5.41, 5.74) is 2.13. The molecule has 1 amide bonds. The Morgan fingerprint density at radius 1 is 1.17 bits per heavy atom. The van der Waals surface area contributed by atoms with E-state index in [-0.39, 0.29) is 17.9 Å². The molecule has 3 aromatic rings. The van der Waals surface area contributed by atoms with Crippen LogP contribution < -0.4 is 10.6 Å². The molecule has 1 aromatic heterocycles. The van der Waals surface area contributed by atoms with Crippen LogP contribution in [0.4, 0.5) is 24.7 Å². The summed E-state index contributed by atoms with van der Waals surface area (Å²) in [6, 6.07) is 12.7. The number of carbonyl (C=O) groups is 1. The van der Waals surface area contributed by atoms with Crippen molar-refractivity contribution in [1.82, 2.24) is 9.78 Å². The van der Waals surface area contributed by atoms with Gasteiger partial charge in [-0.25, -0.2) is 4.68 Å². The van der Waals surface area contributed by atoms with E-state index in [0.717, 1.165) is 15.8 Å². The Balaban J connectivity index is 1.63. The Morgan fingerprint density at radius 2 is 1.83 bits per heavy atom. The van der Waals surface area contributed by atoms with Gasteiger partial charge in [0.25, 0.3) is 5.91 Å². The summed E-state index contributed by atoms with van der Waals surface area (Å²) in [4.78, 5) is 12.5. The molecule has 1 aliphatic rings. The van der Waals surface area contributed by atoms with Crippen molar-refractivity contribution in [2.24, 2.45) is 0 Å². The third-order valence-corrected chi connectivity index (χ3v) is 5.26. The quantitative estimate of drug-likeness (QED) is 0.551. The van der Waals surface area contributed by atoms with Gasteiger partial charge in [0.05, 0.1) is 6.04 Å². The Hall–Kier alpha value is -3.00. The first-order valence-electron chi connectivity index (χ1n) is 9.27. The maximum atomic E-state index is 13.8. The summed E-state index contributed by atoms with van der Waals surface area (Å²) in [7, 11) is 0. The van der Waals surface area contributed by atoms with Gasteiger partial charge in [-0.3, -0.25) is 4.79 Å². The molecule has 4 rings (SSSR count). The van der Waals surface area contributed by atoms with E-state index in [4.69, 9.17) is 11.6 Å². The highest BCUT2D eigenvalue weighted by Crippen LogP contribution is 2.43. The van der Waals surface area contributed by atoms with E-state index in [0.29, 0.717) is 10.7 Å². The molecule has 30 heavy (non-hydrogen) atoms. The molecular weight excluding hydrogens is 417 g/mol. The molecule has 5 nitrogen and oxygen atoms in total. The predicted molar refractivity (Wildman–Crippen MR) is 109 cm³/mol. The number of hydrogen-bond donors (Lipinski definition) is 2. The highest BCUT2D eigenvalue weighted by molar-refractivity contribution is 6.30. The fraction of sp³-hybridized carbons (Fsp3) is 0.238. The SMILES string of the molecule is Cc1ccc([C@H]2C[C@H](C(F)(F)F)n3nc(C(=O)Nc4ccc(Cl)cc4)cc3N2)cc1. The zero-order valence-corrected chi connectivity index (χ0v) is 16.6. The normalized spacial score (nSPS) is 18.4. The fourth-order valence-corrected chi connectivity index (χ4v) is 3.56. The van der Waals surface area contributed by atoms with Gasteiger partial charge in [0.1, 0.15) is 5.82 Å². The molecular formula is C21H18ClF3N4O. The minimum atomic E-state index is -4.50. The van der Waals surface area contributed by atoms with Crippen molar-refractivity contribution in [1.29, 1.82) is 0 Å². The lowest BCUT2D eigenvalue weighted by atomic mass is 9.96. The second-order valence-electron chi connectivity index (χ2n) is 7.22. The molecule has 0 radical (unpaired) electrons. The van der Waals surface area contributed by atoms with Gasteiger partial charge in [-0.15, -0.1) is 0 Å². The van der Waals surface area contributed by atoms with E-state index < -0.39 is 24.2 Å². The molecule has 0 aliphatic carbocycles. The van der Waals surface area contributed by atoms with Gasteiger partial charge in [-0.05, 0) is 36.8 Å². The number of alkyl halides is 3. The Kier molecular flexibility index (Phi) is 5.19. The first-order valence-corrected chi connectivity index (χ1v) is 9.65. The number of benzene rings is 2. The van der Waals surface area contributed by atoms with Crippen molar-refractivity contribution in [3.05, 3.63) is 76.4 Å². The first kappa shape index (κ1) is 20.3. The van der Waals surface area contributed by atoms with Gasteiger partial charge in [0.2, 0.25) is 0 Å². The number of rotatable bonds is 3. The van der Waals surface area contributed by atoms with Crippen LogP contribution in [0.3, 0.4) is 0 Å². The highest BCUT2D eigenvalue weighted by atomic mass is 35.5. The molecule has 0 bridgehead atoms. The number of aromatic nitrogens is 2. The average Bonchev–Trinajstić information content (AvgIpc) is 3.13. The highest BCUT2D eigenvalue weighted by Gasteiger charge is 2.46. The topological polar surface area (TPSA) is 59.0 Å². The number of amides is 1. The lowest BCUT2D eigenvalue weighted by Gasteiger charge is -2.33. The number of aryl methyl sites for hydroxylation is 1. The Bertz CT molecular complexity index is 1060. The van der Waals surface area contributed by atoms with Crippen LogP contribution in [0.2, 0.25) is 5.02 Å².